The number of imidazole rings is 1. The zero-order valence-corrected chi connectivity index (χ0v) is 20.7. The summed E-state index contributed by atoms with van der Waals surface area (Å²) in [5, 5.41) is 8.88. The van der Waals surface area contributed by atoms with E-state index >= 15 is 0 Å². The number of likely N-dealkylation sites (tertiary alicyclic amines) is 1. The summed E-state index contributed by atoms with van der Waals surface area (Å²) in [5.74, 6) is 0.241. The highest BCUT2D eigenvalue weighted by Crippen LogP contribution is 2.39. The molecule has 1 fully saturated rings. The lowest BCUT2D eigenvalue weighted by atomic mass is 9.89. The third kappa shape index (κ3) is 5.81. The van der Waals surface area contributed by atoms with Gasteiger partial charge in [0.25, 0.3) is 0 Å². The first-order chi connectivity index (χ1) is 18.3. The first-order valence-corrected chi connectivity index (χ1v) is 12.6. The molecule has 2 heterocycles. The molecular weight excluding hydrogens is 491 g/mol. The predicted octanol–water partition coefficient (Wildman–Crippen LogP) is 7.08. The number of nitrogens with zero attached hydrogens (tertiary/aromatic N) is 2. The molecule has 8 heteroatoms. The van der Waals surface area contributed by atoms with Crippen LogP contribution in [0.25, 0.3) is 33.8 Å². The molecular formula is C30H28F3N3O2. The topological polar surface area (TPSA) is 69.2 Å². The molecule has 0 unspecified atom stereocenters. The summed E-state index contributed by atoms with van der Waals surface area (Å²) in [7, 11) is 0. The van der Waals surface area contributed by atoms with Crippen LogP contribution in [0.15, 0.2) is 79.0 Å². The number of piperidine rings is 1. The van der Waals surface area contributed by atoms with E-state index in [0.717, 1.165) is 31.5 Å². The second kappa shape index (κ2) is 10.8. The van der Waals surface area contributed by atoms with Gasteiger partial charge >= 0.3 is 12.1 Å². The van der Waals surface area contributed by atoms with Gasteiger partial charge in [0.05, 0.1) is 23.9 Å². The lowest BCUT2D eigenvalue weighted by Crippen LogP contribution is -2.34. The van der Waals surface area contributed by atoms with E-state index in [1.54, 1.807) is 42.6 Å². The van der Waals surface area contributed by atoms with Crippen LogP contribution >= 0.6 is 0 Å². The van der Waals surface area contributed by atoms with Gasteiger partial charge in [-0.05, 0) is 54.6 Å². The number of hydrogen-bond acceptors (Lipinski definition) is 3. The normalized spacial score (nSPS) is 15.0. The van der Waals surface area contributed by atoms with Crippen molar-refractivity contribution in [3.63, 3.8) is 0 Å². The van der Waals surface area contributed by atoms with Crippen LogP contribution in [0.1, 0.15) is 36.3 Å². The summed E-state index contributed by atoms with van der Waals surface area (Å²) in [6, 6.07) is 21.0. The lowest BCUT2D eigenvalue weighted by Gasteiger charge is -2.31. The number of H-pyrrole nitrogens is 1. The molecule has 0 radical (unpaired) electrons. The maximum absolute atomic E-state index is 13.9. The van der Waals surface area contributed by atoms with Gasteiger partial charge < -0.3 is 15.0 Å². The molecule has 4 aromatic rings. The minimum Gasteiger partial charge on any atom is -0.481 e. The van der Waals surface area contributed by atoms with Gasteiger partial charge in [-0.2, -0.15) is 13.2 Å². The van der Waals surface area contributed by atoms with E-state index in [9.17, 15) is 18.0 Å². The van der Waals surface area contributed by atoms with Gasteiger partial charge in [0.1, 0.15) is 5.82 Å². The van der Waals surface area contributed by atoms with E-state index in [0.29, 0.717) is 35.1 Å². The molecule has 38 heavy (non-hydrogen) atoms. The Kier molecular flexibility index (Phi) is 7.33. The van der Waals surface area contributed by atoms with E-state index in [1.807, 2.05) is 12.1 Å². The molecule has 1 saturated heterocycles. The molecule has 0 spiro atoms. The first kappa shape index (κ1) is 25.7. The number of aromatic amines is 1. The van der Waals surface area contributed by atoms with Crippen molar-refractivity contribution >= 4 is 5.97 Å². The third-order valence-electron chi connectivity index (χ3n) is 7.18. The van der Waals surface area contributed by atoms with Crippen LogP contribution in [0.3, 0.4) is 0 Å². The summed E-state index contributed by atoms with van der Waals surface area (Å²) in [6.07, 6.45) is -0.812. The number of aromatic nitrogens is 2. The maximum atomic E-state index is 13.9. The van der Waals surface area contributed by atoms with E-state index < -0.39 is 17.7 Å². The van der Waals surface area contributed by atoms with Crippen LogP contribution in [0, 0.1) is 0 Å². The zero-order chi connectivity index (χ0) is 26.7. The largest absolute Gasteiger partial charge is 0.481 e. The smallest absolute Gasteiger partial charge is 0.417 e. The highest BCUT2D eigenvalue weighted by molar-refractivity contribution is 5.74. The van der Waals surface area contributed by atoms with Crippen LogP contribution in [0.2, 0.25) is 0 Å². The number of alkyl halides is 3. The SMILES string of the molecule is O=C(O)CCN1CCC(c2ccc(-c3ncc(-c4ccc(-c5ccccc5)c(C(F)(F)F)c4)[nH]3)cc2)CC1. The van der Waals surface area contributed by atoms with Gasteiger partial charge in [0, 0.05) is 17.7 Å². The Balaban J connectivity index is 1.31. The summed E-state index contributed by atoms with van der Waals surface area (Å²) in [4.78, 5) is 20.6. The molecule has 0 amide bonds. The summed E-state index contributed by atoms with van der Waals surface area (Å²) >= 11 is 0. The van der Waals surface area contributed by atoms with Crippen molar-refractivity contribution in [2.75, 3.05) is 19.6 Å². The molecule has 5 nitrogen and oxygen atoms in total. The molecule has 0 bridgehead atoms. The van der Waals surface area contributed by atoms with Crippen LogP contribution in [0.5, 0.6) is 0 Å². The number of benzene rings is 3. The van der Waals surface area contributed by atoms with Crippen molar-refractivity contribution in [2.24, 2.45) is 0 Å². The summed E-state index contributed by atoms with van der Waals surface area (Å²) in [5.41, 5.74) is 2.99. The monoisotopic (exact) mass is 519 g/mol. The van der Waals surface area contributed by atoms with Crippen LogP contribution in [-0.4, -0.2) is 45.6 Å². The molecule has 5 rings (SSSR count). The Morgan fingerprint density at radius 3 is 2.29 bits per heavy atom. The Morgan fingerprint density at radius 1 is 0.947 bits per heavy atom. The number of halogens is 3. The van der Waals surface area contributed by atoms with Crippen molar-refractivity contribution in [3.8, 4) is 33.8 Å². The van der Waals surface area contributed by atoms with Crippen molar-refractivity contribution in [2.45, 2.75) is 31.4 Å². The number of carbonyl (C=O) groups is 1. The van der Waals surface area contributed by atoms with Gasteiger partial charge in [-0.3, -0.25) is 4.79 Å². The fourth-order valence-electron chi connectivity index (χ4n) is 5.09. The summed E-state index contributed by atoms with van der Waals surface area (Å²) < 4.78 is 41.8. The predicted molar refractivity (Wildman–Crippen MR) is 141 cm³/mol. The third-order valence-corrected chi connectivity index (χ3v) is 7.18. The van der Waals surface area contributed by atoms with Crippen molar-refractivity contribution in [3.05, 3.63) is 90.1 Å². The number of nitrogens with one attached hydrogen (secondary N) is 1. The second-order valence-corrected chi connectivity index (χ2v) is 9.65. The molecule has 1 aromatic heterocycles. The quantitative estimate of drug-likeness (QED) is 0.274. The van der Waals surface area contributed by atoms with Gasteiger partial charge in [-0.15, -0.1) is 0 Å². The van der Waals surface area contributed by atoms with Gasteiger partial charge in [-0.1, -0.05) is 66.7 Å². The molecule has 1 aliphatic heterocycles. The molecule has 0 aliphatic carbocycles. The van der Waals surface area contributed by atoms with Gasteiger partial charge in [-0.25, -0.2) is 4.98 Å². The van der Waals surface area contributed by atoms with E-state index in [1.165, 1.54) is 17.7 Å². The molecule has 196 valence electrons. The van der Waals surface area contributed by atoms with E-state index in [4.69, 9.17) is 5.11 Å². The number of rotatable bonds is 7. The minimum atomic E-state index is -4.49. The number of carboxylic acids is 1. The van der Waals surface area contributed by atoms with Crippen LogP contribution in [0.4, 0.5) is 13.2 Å². The van der Waals surface area contributed by atoms with E-state index in [-0.39, 0.29) is 12.0 Å². The molecule has 2 N–H and O–H groups in total. The Labute approximate surface area is 219 Å². The standard InChI is InChI=1S/C30H28F3N3O2/c31-30(32,33)26-18-24(10-11-25(26)22-4-2-1-3-5-22)27-19-34-29(35-27)23-8-6-20(7-9-23)21-12-15-36(16-13-21)17-14-28(37)38/h1-11,18-19,21H,12-17H2,(H,34,35)(H,37,38). The molecule has 1 aliphatic rings. The molecule has 0 atom stereocenters. The fourth-order valence-corrected chi connectivity index (χ4v) is 5.09. The van der Waals surface area contributed by atoms with Crippen LogP contribution < -0.4 is 0 Å². The van der Waals surface area contributed by atoms with Crippen molar-refractivity contribution in [1.29, 1.82) is 0 Å². The first-order valence-electron chi connectivity index (χ1n) is 12.6. The molecule has 0 saturated carbocycles. The van der Waals surface area contributed by atoms with E-state index in [2.05, 4.69) is 27.0 Å². The Morgan fingerprint density at radius 2 is 1.63 bits per heavy atom. The van der Waals surface area contributed by atoms with Gasteiger partial charge in [0.15, 0.2) is 0 Å². The second-order valence-electron chi connectivity index (χ2n) is 9.65. The zero-order valence-electron chi connectivity index (χ0n) is 20.7. The minimum absolute atomic E-state index is 0.143. The Bertz CT molecular complexity index is 1390. The van der Waals surface area contributed by atoms with Crippen molar-refractivity contribution < 1.29 is 23.1 Å². The fraction of sp³-hybridized carbons (Fsp3) is 0.267. The van der Waals surface area contributed by atoms with Gasteiger partial charge in [0.2, 0.25) is 0 Å². The maximum Gasteiger partial charge on any atom is 0.417 e. The van der Waals surface area contributed by atoms with Crippen molar-refractivity contribution in [1.82, 2.24) is 14.9 Å². The Hall–Kier alpha value is -3.91. The lowest BCUT2D eigenvalue weighted by molar-refractivity contribution is -0.138. The number of hydrogen-bond donors (Lipinski definition) is 2. The summed E-state index contributed by atoms with van der Waals surface area (Å²) in [6.45, 7) is 2.34. The highest BCUT2D eigenvalue weighted by atomic mass is 19.4. The average molecular weight is 520 g/mol. The highest BCUT2D eigenvalue weighted by Gasteiger charge is 2.34. The molecule has 3 aromatic carbocycles. The number of aliphatic carboxylic acids is 1. The number of carboxylic acid groups (broad SMARTS) is 1. The van der Waals surface area contributed by atoms with Crippen LogP contribution in [-0.2, 0) is 11.0 Å². The average Bonchev–Trinajstić information content (AvgIpc) is 3.42.